The zero-order chi connectivity index (χ0) is 15.1. The van der Waals surface area contributed by atoms with Gasteiger partial charge >= 0.3 is 0 Å². The summed E-state index contributed by atoms with van der Waals surface area (Å²) in [5.74, 6) is 0.522. The van der Waals surface area contributed by atoms with Crippen molar-refractivity contribution >= 4 is 32.7 Å². The van der Waals surface area contributed by atoms with Crippen LogP contribution in [0.2, 0.25) is 0 Å². The highest BCUT2D eigenvalue weighted by atomic mass is 79.9. The summed E-state index contributed by atoms with van der Waals surface area (Å²) in [5.41, 5.74) is 0.761. The van der Waals surface area contributed by atoms with E-state index < -0.39 is 0 Å². The Morgan fingerprint density at radius 2 is 2.18 bits per heavy atom. The first kappa shape index (κ1) is 13.6. The zero-order valence-electron chi connectivity index (χ0n) is 11.7. The van der Waals surface area contributed by atoms with Crippen molar-refractivity contribution in [2.75, 3.05) is 18.0 Å². The van der Waals surface area contributed by atoms with Crippen molar-refractivity contribution in [3.8, 4) is 0 Å². The molecule has 0 bridgehead atoms. The van der Waals surface area contributed by atoms with Crippen LogP contribution in [0.5, 0.6) is 0 Å². The predicted octanol–water partition coefficient (Wildman–Crippen LogP) is 3.18. The van der Waals surface area contributed by atoms with Crippen LogP contribution in [0.15, 0.2) is 41.4 Å². The Labute approximate surface area is 134 Å². The number of nitrogens with zero attached hydrogens (tertiary/aromatic N) is 5. The molecule has 0 spiro atoms. The summed E-state index contributed by atoms with van der Waals surface area (Å²) in [5, 5.41) is 5.11. The minimum Gasteiger partial charge on any atom is -0.354 e. The second kappa shape index (κ2) is 5.31. The lowest BCUT2D eigenvalue weighted by Crippen LogP contribution is -2.22. The van der Waals surface area contributed by atoms with E-state index in [0.29, 0.717) is 6.04 Å². The van der Waals surface area contributed by atoms with Crippen LogP contribution >= 0.6 is 15.9 Å². The fourth-order valence-corrected chi connectivity index (χ4v) is 3.23. The van der Waals surface area contributed by atoms with Crippen LogP contribution in [-0.2, 0) is 0 Å². The van der Waals surface area contributed by atoms with Gasteiger partial charge in [-0.3, -0.25) is 4.68 Å². The van der Waals surface area contributed by atoms with E-state index in [1.165, 1.54) is 18.5 Å². The molecular weight excluding hydrogens is 349 g/mol. The first-order chi connectivity index (χ1) is 10.7. The second-order valence-electron chi connectivity index (χ2n) is 5.39. The molecule has 0 saturated carbocycles. The molecular formula is C15H13BrFN5. The SMILES string of the molecule is Fc1ccc2ncnc(N3CCC(n4cc(Br)cn4)C3)c2c1. The van der Waals surface area contributed by atoms with Crippen LogP contribution in [-0.4, -0.2) is 32.8 Å². The van der Waals surface area contributed by atoms with E-state index in [4.69, 9.17) is 0 Å². The summed E-state index contributed by atoms with van der Waals surface area (Å²) in [6.07, 6.45) is 6.28. The molecule has 1 aromatic carbocycles. The lowest BCUT2D eigenvalue weighted by Gasteiger charge is -2.19. The third kappa shape index (κ3) is 2.35. The topological polar surface area (TPSA) is 46.8 Å². The average molecular weight is 362 g/mol. The van der Waals surface area contributed by atoms with Crippen molar-refractivity contribution in [2.45, 2.75) is 12.5 Å². The van der Waals surface area contributed by atoms with E-state index in [0.717, 1.165) is 40.7 Å². The van der Waals surface area contributed by atoms with Gasteiger partial charge in [0.2, 0.25) is 0 Å². The van der Waals surface area contributed by atoms with Crippen molar-refractivity contribution in [1.82, 2.24) is 19.7 Å². The third-order valence-corrected chi connectivity index (χ3v) is 4.39. The van der Waals surface area contributed by atoms with Gasteiger partial charge in [-0.25, -0.2) is 14.4 Å². The Hall–Kier alpha value is -2.02. The van der Waals surface area contributed by atoms with Crippen molar-refractivity contribution in [1.29, 1.82) is 0 Å². The molecule has 1 atom stereocenters. The van der Waals surface area contributed by atoms with Gasteiger partial charge in [0.1, 0.15) is 18.0 Å². The smallest absolute Gasteiger partial charge is 0.140 e. The highest BCUT2D eigenvalue weighted by molar-refractivity contribution is 9.10. The second-order valence-corrected chi connectivity index (χ2v) is 6.30. The van der Waals surface area contributed by atoms with Crippen molar-refractivity contribution in [3.63, 3.8) is 0 Å². The van der Waals surface area contributed by atoms with E-state index in [1.54, 1.807) is 12.3 Å². The molecule has 1 aliphatic rings. The van der Waals surface area contributed by atoms with E-state index >= 15 is 0 Å². The van der Waals surface area contributed by atoms with Gasteiger partial charge in [0.05, 0.1) is 22.2 Å². The highest BCUT2D eigenvalue weighted by Gasteiger charge is 2.26. The molecule has 1 fully saturated rings. The molecule has 7 heteroatoms. The highest BCUT2D eigenvalue weighted by Crippen LogP contribution is 2.30. The third-order valence-electron chi connectivity index (χ3n) is 3.98. The quantitative estimate of drug-likeness (QED) is 0.703. The summed E-state index contributed by atoms with van der Waals surface area (Å²) in [4.78, 5) is 10.7. The molecule has 0 radical (unpaired) electrons. The van der Waals surface area contributed by atoms with Gasteiger partial charge in [0.15, 0.2) is 0 Å². The molecule has 1 aliphatic heterocycles. The van der Waals surface area contributed by atoms with Crippen LogP contribution in [0.3, 0.4) is 0 Å². The van der Waals surface area contributed by atoms with Gasteiger partial charge in [-0.1, -0.05) is 0 Å². The first-order valence-electron chi connectivity index (χ1n) is 7.05. The number of aromatic nitrogens is 4. The van der Waals surface area contributed by atoms with Gasteiger partial charge in [-0.05, 0) is 40.5 Å². The molecule has 5 nitrogen and oxygen atoms in total. The molecule has 1 saturated heterocycles. The molecule has 4 rings (SSSR count). The number of halogens is 2. The predicted molar refractivity (Wildman–Crippen MR) is 85.3 cm³/mol. The van der Waals surface area contributed by atoms with E-state index in [-0.39, 0.29) is 5.82 Å². The standard InChI is InChI=1S/C15H13BrFN5/c16-10-6-20-22(7-10)12-3-4-21(8-12)15-13-5-11(17)1-2-14(13)18-9-19-15/h1-2,5-7,9,12H,3-4,8H2. The maximum Gasteiger partial charge on any atom is 0.140 e. The molecule has 1 unspecified atom stereocenters. The molecule has 0 aliphatic carbocycles. The largest absolute Gasteiger partial charge is 0.354 e. The molecule has 3 heterocycles. The van der Waals surface area contributed by atoms with Gasteiger partial charge in [-0.2, -0.15) is 5.10 Å². The Morgan fingerprint density at radius 1 is 1.27 bits per heavy atom. The lowest BCUT2D eigenvalue weighted by molar-refractivity contribution is 0.494. The maximum atomic E-state index is 13.6. The van der Waals surface area contributed by atoms with Crippen LogP contribution in [0, 0.1) is 5.82 Å². The Kier molecular flexibility index (Phi) is 3.29. The molecule has 0 N–H and O–H groups in total. The Morgan fingerprint density at radius 3 is 3.00 bits per heavy atom. The van der Waals surface area contributed by atoms with Gasteiger partial charge < -0.3 is 4.90 Å². The summed E-state index contributed by atoms with van der Waals surface area (Å²) in [7, 11) is 0. The summed E-state index contributed by atoms with van der Waals surface area (Å²) in [6.45, 7) is 1.67. The average Bonchev–Trinajstić information content (AvgIpc) is 3.15. The van der Waals surface area contributed by atoms with Gasteiger partial charge in [0.25, 0.3) is 0 Å². The van der Waals surface area contributed by atoms with Crippen LogP contribution in [0.1, 0.15) is 12.5 Å². The van der Waals surface area contributed by atoms with Crippen molar-refractivity contribution < 1.29 is 4.39 Å². The van der Waals surface area contributed by atoms with E-state index in [2.05, 4.69) is 35.9 Å². The van der Waals surface area contributed by atoms with Crippen LogP contribution in [0.4, 0.5) is 10.2 Å². The zero-order valence-corrected chi connectivity index (χ0v) is 13.2. The van der Waals surface area contributed by atoms with E-state index in [9.17, 15) is 4.39 Å². The molecule has 112 valence electrons. The fraction of sp³-hybridized carbons (Fsp3) is 0.267. The monoisotopic (exact) mass is 361 g/mol. The molecule has 2 aromatic heterocycles. The van der Waals surface area contributed by atoms with Crippen molar-refractivity contribution in [3.05, 3.63) is 47.2 Å². The first-order valence-corrected chi connectivity index (χ1v) is 7.85. The number of rotatable bonds is 2. The fourth-order valence-electron chi connectivity index (χ4n) is 2.93. The molecule has 22 heavy (non-hydrogen) atoms. The number of fused-ring (bicyclic) bond motifs is 1. The Bertz CT molecular complexity index is 834. The number of anilines is 1. The van der Waals surface area contributed by atoms with Crippen molar-refractivity contribution in [2.24, 2.45) is 0 Å². The summed E-state index contributed by atoms with van der Waals surface area (Å²) in [6, 6.07) is 4.91. The summed E-state index contributed by atoms with van der Waals surface area (Å²) >= 11 is 3.42. The van der Waals surface area contributed by atoms with Crippen LogP contribution < -0.4 is 4.90 Å². The van der Waals surface area contributed by atoms with Gasteiger partial charge in [-0.15, -0.1) is 0 Å². The Balaban J connectivity index is 1.67. The summed E-state index contributed by atoms with van der Waals surface area (Å²) < 4.78 is 16.5. The number of hydrogen-bond acceptors (Lipinski definition) is 4. The normalized spacial score (nSPS) is 18.3. The van der Waals surface area contributed by atoms with E-state index in [1.807, 2.05) is 10.9 Å². The molecule has 0 amide bonds. The molecule has 3 aromatic rings. The number of benzene rings is 1. The maximum absolute atomic E-state index is 13.6. The number of hydrogen-bond donors (Lipinski definition) is 0. The minimum absolute atomic E-state index is 0.268. The lowest BCUT2D eigenvalue weighted by atomic mass is 10.2. The van der Waals surface area contributed by atoms with Gasteiger partial charge in [0, 0.05) is 24.7 Å². The van der Waals surface area contributed by atoms with Crippen LogP contribution in [0.25, 0.3) is 10.9 Å². The minimum atomic E-state index is -0.268.